The van der Waals surface area contributed by atoms with Gasteiger partial charge in [-0.2, -0.15) is 0 Å². The monoisotopic (exact) mass is 310 g/mol. The van der Waals surface area contributed by atoms with E-state index in [2.05, 4.69) is 36.5 Å². The van der Waals surface area contributed by atoms with E-state index < -0.39 is 10.0 Å². The number of hydrogen-bond donors (Lipinski definition) is 1. The van der Waals surface area contributed by atoms with Crippen molar-refractivity contribution in [2.24, 2.45) is 5.92 Å². The number of rotatable bonds is 6. The zero-order valence-corrected chi connectivity index (χ0v) is 13.8. The normalized spacial score (nSPS) is 22.1. The molecule has 1 aromatic carbocycles. The van der Waals surface area contributed by atoms with Crippen molar-refractivity contribution in [3.05, 3.63) is 35.9 Å². The maximum absolute atomic E-state index is 11.7. The second kappa shape index (κ2) is 7.38. The third-order valence-corrected chi connectivity index (χ3v) is 5.48. The molecular formula is C16H26N2O2S. The highest BCUT2D eigenvalue weighted by Gasteiger charge is 2.26. The fourth-order valence-corrected chi connectivity index (χ4v) is 3.93. The standard InChI is InChI=1S/C16H26N2O2S/c1-3-16(15-9-5-4-6-10-15)17-12-14-8-7-11-18(13-14)21(2,19)20/h4-6,9-10,14,16-17H,3,7-8,11-13H2,1-2H3. The lowest BCUT2D eigenvalue weighted by Gasteiger charge is -2.32. The van der Waals surface area contributed by atoms with Crippen molar-refractivity contribution in [2.75, 3.05) is 25.9 Å². The van der Waals surface area contributed by atoms with Gasteiger partial charge in [-0.15, -0.1) is 0 Å². The van der Waals surface area contributed by atoms with Gasteiger partial charge in [-0.05, 0) is 37.3 Å². The van der Waals surface area contributed by atoms with Crippen LogP contribution >= 0.6 is 0 Å². The number of nitrogens with zero attached hydrogens (tertiary/aromatic N) is 1. The average Bonchev–Trinajstić information content (AvgIpc) is 2.48. The highest BCUT2D eigenvalue weighted by molar-refractivity contribution is 7.88. The molecule has 2 unspecified atom stereocenters. The first-order chi connectivity index (χ1) is 10.0. The minimum Gasteiger partial charge on any atom is -0.310 e. The molecular weight excluding hydrogens is 284 g/mol. The highest BCUT2D eigenvalue weighted by Crippen LogP contribution is 2.21. The van der Waals surface area contributed by atoms with Crippen LogP contribution in [0.5, 0.6) is 0 Å². The minimum atomic E-state index is -3.05. The molecule has 118 valence electrons. The Bertz CT molecular complexity index is 530. The zero-order valence-electron chi connectivity index (χ0n) is 13.0. The quantitative estimate of drug-likeness (QED) is 0.878. The van der Waals surface area contributed by atoms with Crippen molar-refractivity contribution >= 4 is 10.0 Å². The van der Waals surface area contributed by atoms with E-state index in [1.54, 1.807) is 4.31 Å². The molecule has 2 rings (SSSR count). The highest BCUT2D eigenvalue weighted by atomic mass is 32.2. The van der Waals surface area contributed by atoms with Crippen LogP contribution in [-0.4, -0.2) is 38.6 Å². The molecule has 2 atom stereocenters. The molecule has 0 spiro atoms. The van der Waals surface area contributed by atoms with E-state index in [1.807, 2.05) is 6.07 Å². The number of nitrogens with one attached hydrogen (secondary N) is 1. The van der Waals surface area contributed by atoms with Crippen molar-refractivity contribution in [1.29, 1.82) is 0 Å². The summed E-state index contributed by atoms with van der Waals surface area (Å²) in [7, 11) is -3.05. The second-order valence-electron chi connectivity index (χ2n) is 5.91. The second-order valence-corrected chi connectivity index (χ2v) is 7.89. The summed E-state index contributed by atoms with van der Waals surface area (Å²) in [4.78, 5) is 0. The number of sulfonamides is 1. The Morgan fingerprint density at radius 3 is 2.67 bits per heavy atom. The van der Waals surface area contributed by atoms with Gasteiger partial charge in [0.25, 0.3) is 0 Å². The van der Waals surface area contributed by atoms with Crippen LogP contribution in [-0.2, 0) is 10.0 Å². The van der Waals surface area contributed by atoms with E-state index in [9.17, 15) is 8.42 Å². The summed E-state index contributed by atoms with van der Waals surface area (Å²) in [5, 5.41) is 3.61. The van der Waals surface area contributed by atoms with Crippen LogP contribution in [0.4, 0.5) is 0 Å². The predicted molar refractivity (Wildman–Crippen MR) is 86.6 cm³/mol. The lowest BCUT2D eigenvalue weighted by Crippen LogP contribution is -2.42. The fourth-order valence-electron chi connectivity index (χ4n) is 2.99. The summed E-state index contributed by atoms with van der Waals surface area (Å²) in [5.74, 6) is 0.409. The molecule has 4 nitrogen and oxygen atoms in total. The zero-order chi connectivity index (χ0) is 15.3. The first-order valence-electron chi connectivity index (χ1n) is 7.74. The molecule has 1 aliphatic rings. The summed E-state index contributed by atoms with van der Waals surface area (Å²) in [5.41, 5.74) is 1.30. The van der Waals surface area contributed by atoms with Crippen LogP contribution < -0.4 is 5.32 Å². The molecule has 1 fully saturated rings. The van der Waals surface area contributed by atoms with Gasteiger partial charge in [0.1, 0.15) is 0 Å². The van der Waals surface area contributed by atoms with Gasteiger partial charge in [-0.1, -0.05) is 37.3 Å². The van der Waals surface area contributed by atoms with Crippen molar-refractivity contribution in [3.8, 4) is 0 Å². The van der Waals surface area contributed by atoms with Gasteiger partial charge in [-0.25, -0.2) is 12.7 Å². The van der Waals surface area contributed by atoms with E-state index in [-0.39, 0.29) is 0 Å². The van der Waals surface area contributed by atoms with Crippen LogP contribution in [0, 0.1) is 5.92 Å². The molecule has 0 bridgehead atoms. The molecule has 5 heteroatoms. The number of hydrogen-bond acceptors (Lipinski definition) is 3. The van der Waals surface area contributed by atoms with Crippen LogP contribution in [0.2, 0.25) is 0 Å². The maximum Gasteiger partial charge on any atom is 0.211 e. The SMILES string of the molecule is CCC(NCC1CCCN(S(C)(=O)=O)C1)c1ccccc1. The molecule has 0 radical (unpaired) electrons. The van der Waals surface area contributed by atoms with Gasteiger partial charge in [-0.3, -0.25) is 0 Å². The lowest BCUT2D eigenvalue weighted by molar-refractivity contribution is 0.254. The third kappa shape index (κ3) is 4.80. The first-order valence-corrected chi connectivity index (χ1v) is 9.59. The summed E-state index contributed by atoms with van der Waals surface area (Å²) in [6.07, 6.45) is 4.40. The Morgan fingerprint density at radius 2 is 2.05 bits per heavy atom. The minimum absolute atomic E-state index is 0.347. The van der Waals surface area contributed by atoms with Crippen molar-refractivity contribution < 1.29 is 8.42 Å². The Kier molecular flexibility index (Phi) is 5.79. The first kappa shape index (κ1) is 16.5. The van der Waals surface area contributed by atoms with Crippen LogP contribution in [0.1, 0.15) is 37.8 Å². The van der Waals surface area contributed by atoms with Crippen molar-refractivity contribution in [1.82, 2.24) is 9.62 Å². The summed E-state index contributed by atoms with van der Waals surface area (Å²) < 4.78 is 24.9. The van der Waals surface area contributed by atoms with E-state index in [1.165, 1.54) is 11.8 Å². The van der Waals surface area contributed by atoms with Gasteiger partial charge >= 0.3 is 0 Å². The Balaban J connectivity index is 1.90. The Labute approximate surface area is 128 Å². The topological polar surface area (TPSA) is 49.4 Å². The van der Waals surface area contributed by atoms with Gasteiger partial charge < -0.3 is 5.32 Å². The van der Waals surface area contributed by atoms with Crippen LogP contribution in [0.3, 0.4) is 0 Å². The van der Waals surface area contributed by atoms with E-state index >= 15 is 0 Å². The molecule has 1 aromatic rings. The van der Waals surface area contributed by atoms with Gasteiger partial charge in [0.2, 0.25) is 10.0 Å². The lowest BCUT2D eigenvalue weighted by atomic mass is 9.98. The fraction of sp³-hybridized carbons (Fsp3) is 0.625. The largest absolute Gasteiger partial charge is 0.310 e. The maximum atomic E-state index is 11.7. The molecule has 0 amide bonds. The molecule has 0 aromatic heterocycles. The van der Waals surface area contributed by atoms with Crippen molar-refractivity contribution in [2.45, 2.75) is 32.2 Å². The number of benzene rings is 1. The molecule has 0 saturated carbocycles. The summed E-state index contributed by atoms with van der Waals surface area (Å²) in [6, 6.07) is 10.8. The van der Waals surface area contributed by atoms with E-state index in [0.717, 1.165) is 25.8 Å². The molecule has 21 heavy (non-hydrogen) atoms. The van der Waals surface area contributed by atoms with Gasteiger partial charge in [0.15, 0.2) is 0 Å². The predicted octanol–water partition coefficient (Wildman–Crippen LogP) is 2.40. The third-order valence-electron chi connectivity index (χ3n) is 4.21. The molecule has 1 N–H and O–H groups in total. The van der Waals surface area contributed by atoms with Crippen LogP contribution in [0.15, 0.2) is 30.3 Å². The van der Waals surface area contributed by atoms with Gasteiger partial charge in [0, 0.05) is 19.1 Å². The average molecular weight is 310 g/mol. The van der Waals surface area contributed by atoms with Gasteiger partial charge in [0.05, 0.1) is 6.26 Å². The molecule has 1 saturated heterocycles. The molecule has 0 aliphatic carbocycles. The summed E-state index contributed by atoms with van der Waals surface area (Å²) >= 11 is 0. The summed E-state index contributed by atoms with van der Waals surface area (Å²) in [6.45, 7) is 4.37. The smallest absolute Gasteiger partial charge is 0.211 e. The Hall–Kier alpha value is -0.910. The Morgan fingerprint density at radius 1 is 1.33 bits per heavy atom. The molecule has 1 heterocycles. The number of piperidine rings is 1. The molecule has 1 aliphatic heterocycles. The van der Waals surface area contributed by atoms with Crippen molar-refractivity contribution in [3.63, 3.8) is 0 Å². The van der Waals surface area contributed by atoms with E-state index in [0.29, 0.717) is 25.0 Å². The van der Waals surface area contributed by atoms with Crippen LogP contribution in [0.25, 0.3) is 0 Å². The van der Waals surface area contributed by atoms with E-state index in [4.69, 9.17) is 0 Å².